The monoisotopic (exact) mass is 440 g/mol. The van der Waals surface area contributed by atoms with Crippen LogP contribution in [0.2, 0.25) is 0 Å². The number of anilines is 1. The normalized spacial score (nSPS) is 15.5. The zero-order valence-corrected chi connectivity index (χ0v) is 19.4. The number of rotatable bonds is 5. The van der Waals surface area contributed by atoms with Crippen molar-refractivity contribution in [1.82, 2.24) is 4.98 Å². The van der Waals surface area contributed by atoms with Gasteiger partial charge in [0.05, 0.1) is 15.8 Å². The van der Waals surface area contributed by atoms with Crippen LogP contribution in [0.25, 0.3) is 0 Å². The van der Waals surface area contributed by atoms with Gasteiger partial charge in [-0.05, 0) is 62.4 Å². The molecule has 0 unspecified atom stereocenters. The lowest BCUT2D eigenvalue weighted by Crippen LogP contribution is -2.39. The summed E-state index contributed by atoms with van der Waals surface area (Å²) in [5, 5.41) is 2.82. The summed E-state index contributed by atoms with van der Waals surface area (Å²) in [6.07, 6.45) is 2.12. The molecule has 0 N–H and O–H groups in total. The Kier molecular flexibility index (Phi) is 5.98. The van der Waals surface area contributed by atoms with E-state index in [1.165, 1.54) is 16.7 Å². The van der Waals surface area contributed by atoms with Crippen LogP contribution in [0.15, 0.2) is 52.7 Å². The molecular weight excluding hydrogens is 412 g/mol. The molecule has 4 rings (SSSR count). The van der Waals surface area contributed by atoms with Gasteiger partial charge in [0.25, 0.3) is 0 Å². The maximum Gasteiger partial charge on any atom is 0.185 e. The third-order valence-electron chi connectivity index (χ3n) is 6.13. The molecular formula is C24H28N2O2S2. The highest BCUT2D eigenvalue weighted by atomic mass is 32.2. The first-order valence-corrected chi connectivity index (χ1v) is 12.8. The standard InChI is InChI=1S/C24H28N2O2S2/c1-17-7-9-22(10-8-17)30(27,28)23-11-13-26(14-12-23)24-25-21(16-29-24)15-20-6-4-5-18(2)19(20)3/h4-10,16,23H,11-15H2,1-3H3. The van der Waals surface area contributed by atoms with Gasteiger partial charge in [-0.1, -0.05) is 35.9 Å². The number of aromatic nitrogens is 1. The Morgan fingerprint density at radius 2 is 1.73 bits per heavy atom. The van der Waals surface area contributed by atoms with Crippen molar-refractivity contribution >= 4 is 26.3 Å². The molecule has 6 heteroatoms. The van der Waals surface area contributed by atoms with E-state index in [1.807, 2.05) is 19.1 Å². The molecule has 2 aromatic carbocycles. The number of sulfone groups is 1. The molecule has 1 aliphatic rings. The second-order valence-corrected chi connectivity index (χ2v) is 11.3. The van der Waals surface area contributed by atoms with Crippen LogP contribution in [0.3, 0.4) is 0 Å². The summed E-state index contributed by atoms with van der Waals surface area (Å²) >= 11 is 1.66. The molecule has 4 nitrogen and oxygen atoms in total. The summed E-state index contributed by atoms with van der Waals surface area (Å²) in [7, 11) is -3.27. The third kappa shape index (κ3) is 4.30. The quantitative estimate of drug-likeness (QED) is 0.554. The van der Waals surface area contributed by atoms with Gasteiger partial charge in [-0.25, -0.2) is 13.4 Å². The van der Waals surface area contributed by atoms with Crippen molar-refractivity contribution < 1.29 is 8.42 Å². The minimum Gasteiger partial charge on any atom is -0.348 e. The lowest BCUT2D eigenvalue weighted by molar-refractivity contribution is 0.529. The van der Waals surface area contributed by atoms with Crippen LogP contribution in [-0.4, -0.2) is 31.7 Å². The second kappa shape index (κ2) is 8.52. The largest absolute Gasteiger partial charge is 0.348 e. The van der Waals surface area contributed by atoms with Gasteiger partial charge >= 0.3 is 0 Å². The zero-order valence-electron chi connectivity index (χ0n) is 17.8. The molecule has 1 aromatic heterocycles. The van der Waals surface area contributed by atoms with Gasteiger partial charge in [-0.3, -0.25) is 0 Å². The lowest BCUT2D eigenvalue weighted by Gasteiger charge is -2.31. The first kappa shape index (κ1) is 21.1. The summed E-state index contributed by atoms with van der Waals surface area (Å²) in [5.41, 5.74) is 6.10. The van der Waals surface area contributed by atoms with Crippen molar-refractivity contribution in [2.45, 2.75) is 50.2 Å². The highest BCUT2D eigenvalue weighted by Gasteiger charge is 2.32. The predicted molar refractivity (Wildman–Crippen MR) is 124 cm³/mol. The molecule has 0 amide bonds. The van der Waals surface area contributed by atoms with Crippen LogP contribution in [0.1, 0.15) is 40.8 Å². The van der Waals surface area contributed by atoms with Crippen molar-refractivity contribution in [3.8, 4) is 0 Å². The van der Waals surface area contributed by atoms with E-state index in [1.54, 1.807) is 23.5 Å². The average molecular weight is 441 g/mol. The van der Waals surface area contributed by atoms with Gasteiger partial charge in [-0.2, -0.15) is 0 Å². The van der Waals surface area contributed by atoms with Gasteiger partial charge < -0.3 is 4.90 Å². The maximum atomic E-state index is 13.0. The molecule has 30 heavy (non-hydrogen) atoms. The maximum absolute atomic E-state index is 13.0. The molecule has 1 fully saturated rings. The number of aryl methyl sites for hydroxylation is 2. The number of benzene rings is 2. The number of hydrogen-bond donors (Lipinski definition) is 0. The third-order valence-corrected chi connectivity index (χ3v) is 9.36. The molecule has 0 saturated carbocycles. The smallest absolute Gasteiger partial charge is 0.185 e. The predicted octanol–water partition coefficient (Wildman–Crippen LogP) is 5.10. The molecule has 158 valence electrons. The van der Waals surface area contributed by atoms with Gasteiger partial charge in [0.15, 0.2) is 15.0 Å². The Labute approximate surface area is 183 Å². The van der Waals surface area contributed by atoms with E-state index in [-0.39, 0.29) is 5.25 Å². The molecule has 0 aliphatic carbocycles. The van der Waals surface area contributed by atoms with Crippen molar-refractivity contribution in [1.29, 1.82) is 0 Å². The number of hydrogen-bond acceptors (Lipinski definition) is 5. The van der Waals surface area contributed by atoms with Crippen molar-refractivity contribution in [3.05, 3.63) is 75.8 Å². The number of nitrogens with zero attached hydrogens (tertiary/aromatic N) is 2. The van der Waals surface area contributed by atoms with Crippen LogP contribution in [0.5, 0.6) is 0 Å². The fourth-order valence-corrected chi connectivity index (χ4v) is 6.61. The van der Waals surface area contributed by atoms with Crippen LogP contribution in [0, 0.1) is 20.8 Å². The Morgan fingerprint density at radius 3 is 2.43 bits per heavy atom. The zero-order chi connectivity index (χ0) is 21.3. The van der Waals surface area contributed by atoms with Crippen molar-refractivity contribution in [2.24, 2.45) is 0 Å². The summed E-state index contributed by atoms with van der Waals surface area (Å²) in [4.78, 5) is 7.53. The van der Waals surface area contributed by atoms with E-state index < -0.39 is 9.84 Å². The highest BCUT2D eigenvalue weighted by Crippen LogP contribution is 2.30. The Bertz CT molecular complexity index is 1130. The fraction of sp³-hybridized carbons (Fsp3) is 0.375. The lowest BCUT2D eigenvalue weighted by atomic mass is 10.0. The molecule has 0 bridgehead atoms. The van der Waals surface area contributed by atoms with E-state index in [0.717, 1.165) is 35.9 Å². The summed E-state index contributed by atoms with van der Waals surface area (Å²) in [6.45, 7) is 7.73. The van der Waals surface area contributed by atoms with Crippen LogP contribution >= 0.6 is 11.3 Å². The van der Waals surface area contributed by atoms with Crippen LogP contribution in [-0.2, 0) is 16.3 Å². The Hall–Kier alpha value is -2.18. The van der Waals surface area contributed by atoms with E-state index in [0.29, 0.717) is 17.7 Å². The second-order valence-electron chi connectivity index (χ2n) is 8.20. The molecule has 1 saturated heterocycles. The first-order valence-electron chi connectivity index (χ1n) is 10.4. The Morgan fingerprint density at radius 1 is 1.03 bits per heavy atom. The molecule has 1 aliphatic heterocycles. The molecule has 2 heterocycles. The summed E-state index contributed by atoms with van der Waals surface area (Å²) < 4.78 is 26.0. The molecule has 0 spiro atoms. The van der Waals surface area contributed by atoms with E-state index in [9.17, 15) is 8.42 Å². The highest BCUT2D eigenvalue weighted by molar-refractivity contribution is 7.92. The minimum atomic E-state index is -3.27. The van der Waals surface area contributed by atoms with Crippen molar-refractivity contribution in [3.63, 3.8) is 0 Å². The van der Waals surface area contributed by atoms with Gasteiger partial charge in [0.2, 0.25) is 0 Å². The first-order chi connectivity index (χ1) is 14.3. The van der Waals surface area contributed by atoms with Gasteiger partial charge in [0.1, 0.15) is 0 Å². The fourth-order valence-electron chi connectivity index (χ4n) is 4.00. The van der Waals surface area contributed by atoms with Crippen LogP contribution < -0.4 is 4.90 Å². The summed E-state index contributed by atoms with van der Waals surface area (Å²) in [5.74, 6) is 0. The average Bonchev–Trinajstić information content (AvgIpc) is 3.20. The number of thiazole rings is 1. The van der Waals surface area contributed by atoms with Crippen molar-refractivity contribution in [2.75, 3.05) is 18.0 Å². The number of piperidine rings is 1. The molecule has 3 aromatic rings. The van der Waals surface area contributed by atoms with E-state index in [4.69, 9.17) is 4.98 Å². The minimum absolute atomic E-state index is 0.314. The Balaban J connectivity index is 1.41. The SMILES string of the molecule is Cc1ccc(S(=O)(=O)C2CCN(c3nc(Cc4cccc(C)c4C)cs3)CC2)cc1. The van der Waals surface area contributed by atoms with E-state index in [2.05, 4.69) is 42.3 Å². The van der Waals surface area contributed by atoms with Gasteiger partial charge in [0, 0.05) is 24.9 Å². The summed E-state index contributed by atoms with van der Waals surface area (Å²) in [6, 6.07) is 13.6. The topological polar surface area (TPSA) is 50.3 Å². The van der Waals surface area contributed by atoms with Crippen LogP contribution in [0.4, 0.5) is 5.13 Å². The van der Waals surface area contributed by atoms with Gasteiger partial charge in [-0.15, -0.1) is 11.3 Å². The molecule has 0 atom stereocenters. The molecule has 0 radical (unpaired) electrons. The van der Waals surface area contributed by atoms with E-state index >= 15 is 0 Å².